The van der Waals surface area contributed by atoms with Crippen molar-refractivity contribution in [3.8, 4) is 0 Å². The quantitative estimate of drug-likeness (QED) is 0.911. The van der Waals surface area contributed by atoms with E-state index in [-0.39, 0.29) is 16.7 Å². The largest absolute Gasteiger partial charge is 0.338 e. The molecule has 1 fully saturated rings. The monoisotopic (exact) mass is 353 g/mol. The minimum atomic E-state index is -3.28. The Morgan fingerprint density at radius 3 is 3.04 bits per heavy atom. The maximum absolute atomic E-state index is 12.5. The van der Waals surface area contributed by atoms with Crippen LogP contribution in [0.2, 0.25) is 0 Å². The third kappa shape index (κ3) is 3.64. The fourth-order valence-electron chi connectivity index (χ4n) is 3.04. The number of amides is 1. The van der Waals surface area contributed by atoms with E-state index >= 15 is 0 Å². The van der Waals surface area contributed by atoms with E-state index in [2.05, 4.69) is 10.2 Å². The highest BCUT2D eigenvalue weighted by Crippen LogP contribution is 2.24. The Kier molecular flexibility index (Phi) is 4.54. The molecule has 2 aromatic rings. The molecule has 6 nitrogen and oxygen atoms in total. The van der Waals surface area contributed by atoms with Crippen LogP contribution in [-0.4, -0.2) is 48.8 Å². The number of thiophene rings is 1. The molecule has 0 spiro atoms. The number of likely N-dealkylation sites (tertiary alicyclic amines) is 1. The second-order valence-electron chi connectivity index (χ2n) is 5.96. The van der Waals surface area contributed by atoms with Gasteiger partial charge in [-0.25, -0.2) is 8.42 Å². The molecule has 1 atom stereocenters. The van der Waals surface area contributed by atoms with Gasteiger partial charge in [0, 0.05) is 24.7 Å². The zero-order valence-electron chi connectivity index (χ0n) is 12.9. The van der Waals surface area contributed by atoms with Crippen molar-refractivity contribution in [1.82, 2.24) is 15.1 Å². The number of carbonyl (C=O) groups excluding carboxylic acids is 1. The van der Waals surface area contributed by atoms with Gasteiger partial charge in [0.2, 0.25) is 0 Å². The van der Waals surface area contributed by atoms with Gasteiger partial charge in [-0.1, -0.05) is 0 Å². The van der Waals surface area contributed by atoms with Crippen LogP contribution < -0.4 is 0 Å². The van der Waals surface area contributed by atoms with Crippen LogP contribution in [0, 0.1) is 5.92 Å². The van der Waals surface area contributed by atoms with E-state index in [0.29, 0.717) is 18.7 Å². The van der Waals surface area contributed by atoms with E-state index in [4.69, 9.17) is 0 Å². The van der Waals surface area contributed by atoms with E-state index in [9.17, 15) is 13.2 Å². The number of H-pyrrole nitrogens is 1. The minimum absolute atomic E-state index is 0.0592. The predicted octanol–water partition coefficient (Wildman–Crippen LogP) is 1.97. The molecule has 8 heteroatoms. The van der Waals surface area contributed by atoms with Gasteiger partial charge in [0.05, 0.1) is 17.5 Å². The fourth-order valence-corrected chi connectivity index (χ4v) is 4.49. The average molecular weight is 353 g/mol. The molecule has 1 saturated heterocycles. The van der Waals surface area contributed by atoms with Crippen molar-refractivity contribution in [3.63, 3.8) is 0 Å². The molecule has 0 bridgehead atoms. The zero-order chi connectivity index (χ0) is 16.4. The van der Waals surface area contributed by atoms with Gasteiger partial charge in [-0.05, 0) is 36.6 Å². The summed E-state index contributed by atoms with van der Waals surface area (Å²) >= 11 is 1.51. The van der Waals surface area contributed by atoms with Crippen molar-refractivity contribution >= 4 is 27.1 Å². The number of piperidine rings is 1. The van der Waals surface area contributed by atoms with Crippen molar-refractivity contribution in [2.24, 2.45) is 5.92 Å². The molecule has 0 aromatic carbocycles. The molecule has 23 heavy (non-hydrogen) atoms. The number of sulfone groups is 1. The van der Waals surface area contributed by atoms with Crippen LogP contribution in [0.15, 0.2) is 27.9 Å². The van der Waals surface area contributed by atoms with E-state index in [1.807, 2.05) is 21.7 Å². The van der Waals surface area contributed by atoms with Gasteiger partial charge in [-0.3, -0.25) is 9.89 Å². The fraction of sp³-hybridized carbons (Fsp3) is 0.467. The highest BCUT2D eigenvalue weighted by atomic mass is 32.2. The SMILES string of the molecule is CS(=O)(=O)c1cn[nH]c1C[C@@H]1CCCN(C(=O)c2ccsc2)C1. The highest BCUT2D eigenvalue weighted by Gasteiger charge is 2.27. The van der Waals surface area contributed by atoms with Crippen LogP contribution in [0.3, 0.4) is 0 Å². The lowest BCUT2D eigenvalue weighted by Crippen LogP contribution is -2.40. The number of carbonyl (C=O) groups is 1. The molecule has 1 amide bonds. The Bertz CT molecular complexity index is 781. The number of aromatic nitrogens is 2. The second-order valence-corrected chi connectivity index (χ2v) is 8.72. The van der Waals surface area contributed by atoms with Crippen LogP contribution in [0.1, 0.15) is 28.9 Å². The summed E-state index contributed by atoms with van der Waals surface area (Å²) in [6.45, 7) is 1.41. The van der Waals surface area contributed by atoms with Crippen molar-refractivity contribution in [1.29, 1.82) is 0 Å². The first kappa shape index (κ1) is 16.2. The van der Waals surface area contributed by atoms with E-state index in [1.54, 1.807) is 0 Å². The molecule has 3 rings (SSSR count). The van der Waals surface area contributed by atoms with Gasteiger partial charge in [0.15, 0.2) is 9.84 Å². The van der Waals surface area contributed by atoms with E-state index in [1.165, 1.54) is 23.8 Å². The number of nitrogens with one attached hydrogen (secondary N) is 1. The van der Waals surface area contributed by atoms with Crippen LogP contribution in [0.25, 0.3) is 0 Å². The van der Waals surface area contributed by atoms with Gasteiger partial charge >= 0.3 is 0 Å². The van der Waals surface area contributed by atoms with Crippen LogP contribution >= 0.6 is 11.3 Å². The highest BCUT2D eigenvalue weighted by molar-refractivity contribution is 7.90. The summed E-state index contributed by atoms with van der Waals surface area (Å²) in [7, 11) is -3.28. The maximum Gasteiger partial charge on any atom is 0.254 e. The summed E-state index contributed by atoms with van der Waals surface area (Å²) in [4.78, 5) is 14.6. The molecule has 0 aliphatic carbocycles. The molecule has 3 heterocycles. The smallest absolute Gasteiger partial charge is 0.254 e. The van der Waals surface area contributed by atoms with Crippen molar-refractivity contribution in [3.05, 3.63) is 34.3 Å². The lowest BCUT2D eigenvalue weighted by molar-refractivity contribution is 0.0673. The van der Waals surface area contributed by atoms with Crippen molar-refractivity contribution in [2.75, 3.05) is 19.3 Å². The lowest BCUT2D eigenvalue weighted by atomic mass is 9.93. The predicted molar refractivity (Wildman–Crippen MR) is 88.3 cm³/mol. The number of nitrogens with zero attached hydrogens (tertiary/aromatic N) is 2. The molecule has 1 aliphatic heterocycles. The summed E-state index contributed by atoms with van der Waals surface area (Å²) in [6, 6.07) is 1.84. The van der Waals surface area contributed by atoms with Crippen LogP contribution in [-0.2, 0) is 16.3 Å². The van der Waals surface area contributed by atoms with Gasteiger partial charge < -0.3 is 4.90 Å². The van der Waals surface area contributed by atoms with Gasteiger partial charge in [-0.2, -0.15) is 16.4 Å². The maximum atomic E-state index is 12.5. The Balaban J connectivity index is 1.70. The topological polar surface area (TPSA) is 83.1 Å². The molecule has 1 N–H and O–H groups in total. The molecular weight excluding hydrogens is 334 g/mol. The third-order valence-electron chi connectivity index (χ3n) is 4.15. The Labute approximate surface area is 139 Å². The molecule has 124 valence electrons. The molecular formula is C15H19N3O3S2. The number of hydrogen-bond donors (Lipinski definition) is 1. The summed E-state index contributed by atoms with van der Waals surface area (Å²) < 4.78 is 23.5. The van der Waals surface area contributed by atoms with Crippen LogP contribution in [0.5, 0.6) is 0 Å². The lowest BCUT2D eigenvalue weighted by Gasteiger charge is -2.32. The summed E-state index contributed by atoms with van der Waals surface area (Å²) in [6.07, 6.45) is 5.06. The second kappa shape index (κ2) is 6.45. The number of rotatable bonds is 4. The number of hydrogen-bond acceptors (Lipinski definition) is 5. The Morgan fingerprint density at radius 1 is 1.52 bits per heavy atom. The minimum Gasteiger partial charge on any atom is -0.338 e. The average Bonchev–Trinajstić information content (AvgIpc) is 3.17. The normalized spacial score (nSPS) is 19.0. The first-order valence-electron chi connectivity index (χ1n) is 7.49. The molecule has 2 aromatic heterocycles. The summed E-state index contributed by atoms with van der Waals surface area (Å²) in [5.74, 6) is 0.302. The first-order valence-corrected chi connectivity index (χ1v) is 10.3. The molecule has 1 aliphatic rings. The third-order valence-corrected chi connectivity index (χ3v) is 5.98. The zero-order valence-corrected chi connectivity index (χ0v) is 14.5. The van der Waals surface area contributed by atoms with Gasteiger partial charge in [0.25, 0.3) is 5.91 Å². The standard InChI is InChI=1S/C15H19N3O3S2/c1-23(20,21)14-8-16-17-13(14)7-11-3-2-5-18(9-11)15(19)12-4-6-22-10-12/h4,6,8,10-11H,2-3,5,7,9H2,1H3,(H,16,17)/t11-/m0/s1. The molecule has 0 saturated carbocycles. The van der Waals surface area contributed by atoms with Crippen molar-refractivity contribution in [2.45, 2.75) is 24.2 Å². The number of aromatic amines is 1. The first-order chi connectivity index (χ1) is 10.9. The Morgan fingerprint density at radius 2 is 2.35 bits per heavy atom. The van der Waals surface area contributed by atoms with Crippen molar-refractivity contribution < 1.29 is 13.2 Å². The van der Waals surface area contributed by atoms with Crippen LogP contribution in [0.4, 0.5) is 0 Å². The van der Waals surface area contributed by atoms with E-state index < -0.39 is 9.84 Å². The van der Waals surface area contributed by atoms with Gasteiger partial charge in [0.1, 0.15) is 4.90 Å². The Hall–Kier alpha value is -1.67. The molecule has 0 radical (unpaired) electrons. The summed E-state index contributed by atoms with van der Waals surface area (Å²) in [5.41, 5.74) is 1.37. The summed E-state index contributed by atoms with van der Waals surface area (Å²) in [5, 5.41) is 10.4. The molecule has 0 unspecified atom stereocenters. The van der Waals surface area contributed by atoms with E-state index in [0.717, 1.165) is 24.9 Å². The van der Waals surface area contributed by atoms with Gasteiger partial charge in [-0.15, -0.1) is 0 Å².